The molecular formula is C40H25N3O2. The zero-order valence-electron chi connectivity index (χ0n) is 24.1. The van der Waals surface area contributed by atoms with Crippen LogP contribution in [0.5, 0.6) is 0 Å². The molecule has 4 aromatic heterocycles. The Hall–Kier alpha value is -6.20. The van der Waals surface area contributed by atoms with Gasteiger partial charge in [0, 0.05) is 16.5 Å². The van der Waals surface area contributed by atoms with Gasteiger partial charge in [-0.1, -0.05) is 91.0 Å². The molecule has 0 N–H and O–H groups in total. The largest absolute Gasteiger partial charge is 0.454 e. The van der Waals surface area contributed by atoms with Gasteiger partial charge in [0.1, 0.15) is 33.8 Å². The van der Waals surface area contributed by atoms with Crippen LogP contribution in [0.15, 0.2) is 160 Å². The molecule has 212 valence electrons. The molecule has 0 aliphatic carbocycles. The molecule has 5 aromatic carbocycles. The Morgan fingerprint density at radius 1 is 0.378 bits per heavy atom. The summed E-state index contributed by atoms with van der Waals surface area (Å²) in [5.41, 5.74) is 10.3. The maximum absolute atomic E-state index is 6.10. The fraction of sp³-hybridized carbons (Fsp3) is 0. The van der Waals surface area contributed by atoms with Crippen molar-refractivity contribution in [2.75, 3.05) is 4.90 Å². The lowest BCUT2D eigenvalue weighted by Crippen LogP contribution is -2.13. The van der Waals surface area contributed by atoms with Gasteiger partial charge in [0.15, 0.2) is 11.2 Å². The minimum absolute atomic E-state index is 0.741. The van der Waals surface area contributed by atoms with Crippen molar-refractivity contribution in [3.05, 3.63) is 152 Å². The lowest BCUT2D eigenvalue weighted by molar-refractivity contribution is 0.668. The number of aromatic nitrogens is 2. The van der Waals surface area contributed by atoms with Gasteiger partial charge < -0.3 is 8.83 Å². The summed E-state index contributed by atoms with van der Waals surface area (Å²) in [6.07, 6.45) is 0. The fourth-order valence-corrected chi connectivity index (χ4v) is 6.10. The molecule has 9 rings (SSSR count). The average Bonchev–Trinajstić information content (AvgIpc) is 3.67. The normalized spacial score (nSPS) is 11.6. The zero-order chi connectivity index (χ0) is 29.7. The number of hydrogen-bond acceptors (Lipinski definition) is 5. The molecule has 9 aromatic rings. The van der Waals surface area contributed by atoms with Gasteiger partial charge in [0.2, 0.25) is 0 Å². The first kappa shape index (κ1) is 25.3. The summed E-state index contributed by atoms with van der Waals surface area (Å²) < 4.78 is 12.2. The minimum Gasteiger partial charge on any atom is -0.454 e. The van der Waals surface area contributed by atoms with Crippen LogP contribution in [0.1, 0.15) is 0 Å². The standard InChI is InChI=1S/C40H25N3O2/c1-2-9-26(10-3-1)27-17-19-28(20-18-27)29-11-8-12-30(25-29)43(37-23-21-35-39(41-37)31-13-4-6-15-33(31)44-35)38-24-22-36-40(42-38)32-14-5-7-16-34(32)45-36/h1-25H. The molecule has 4 heterocycles. The van der Waals surface area contributed by atoms with Gasteiger partial charge in [0.25, 0.3) is 0 Å². The van der Waals surface area contributed by atoms with Crippen LogP contribution in [0.25, 0.3) is 66.4 Å². The van der Waals surface area contributed by atoms with Gasteiger partial charge >= 0.3 is 0 Å². The van der Waals surface area contributed by atoms with E-state index in [0.717, 1.165) is 72.6 Å². The monoisotopic (exact) mass is 579 g/mol. The Bertz CT molecular complexity index is 2380. The first-order valence-electron chi connectivity index (χ1n) is 14.9. The number of fused-ring (bicyclic) bond motifs is 6. The molecule has 0 atom stereocenters. The van der Waals surface area contributed by atoms with Crippen LogP contribution in [0.3, 0.4) is 0 Å². The van der Waals surface area contributed by atoms with E-state index in [1.807, 2.05) is 78.9 Å². The minimum atomic E-state index is 0.741. The SMILES string of the molecule is c1ccc(-c2ccc(-c3cccc(N(c4ccc5oc6ccccc6c5n4)c4ccc5oc6ccccc6c5n4)c3)cc2)cc1. The predicted octanol–water partition coefficient (Wildman–Crippen LogP) is 11.1. The number of anilines is 3. The number of furan rings is 2. The van der Waals surface area contributed by atoms with E-state index in [-0.39, 0.29) is 0 Å². The highest BCUT2D eigenvalue weighted by Gasteiger charge is 2.20. The third-order valence-electron chi connectivity index (χ3n) is 8.30. The van der Waals surface area contributed by atoms with Crippen LogP contribution in [-0.2, 0) is 0 Å². The molecule has 0 radical (unpaired) electrons. The fourth-order valence-electron chi connectivity index (χ4n) is 6.10. The highest BCUT2D eigenvalue weighted by Crippen LogP contribution is 2.39. The van der Waals surface area contributed by atoms with E-state index in [4.69, 9.17) is 18.8 Å². The predicted molar refractivity (Wildman–Crippen MR) is 182 cm³/mol. The summed E-state index contributed by atoms with van der Waals surface area (Å²) in [6, 6.07) is 51.6. The van der Waals surface area contributed by atoms with Gasteiger partial charge in [-0.2, -0.15) is 0 Å². The molecule has 0 saturated carbocycles. The first-order valence-corrected chi connectivity index (χ1v) is 14.9. The van der Waals surface area contributed by atoms with Crippen LogP contribution >= 0.6 is 0 Å². The molecule has 0 bridgehead atoms. The molecule has 0 aliphatic heterocycles. The van der Waals surface area contributed by atoms with Crippen LogP contribution in [0.4, 0.5) is 17.3 Å². The summed E-state index contributed by atoms with van der Waals surface area (Å²) in [7, 11) is 0. The summed E-state index contributed by atoms with van der Waals surface area (Å²) in [5.74, 6) is 1.48. The van der Waals surface area contributed by atoms with E-state index in [1.165, 1.54) is 11.1 Å². The smallest absolute Gasteiger partial charge is 0.154 e. The van der Waals surface area contributed by atoms with Crippen molar-refractivity contribution in [1.29, 1.82) is 0 Å². The van der Waals surface area contributed by atoms with E-state index in [9.17, 15) is 0 Å². The van der Waals surface area contributed by atoms with Gasteiger partial charge in [-0.3, -0.25) is 4.90 Å². The Morgan fingerprint density at radius 3 is 1.47 bits per heavy atom. The second-order valence-corrected chi connectivity index (χ2v) is 11.1. The molecule has 0 amide bonds. The van der Waals surface area contributed by atoms with Crippen molar-refractivity contribution in [2.24, 2.45) is 0 Å². The van der Waals surface area contributed by atoms with Crippen LogP contribution in [-0.4, -0.2) is 9.97 Å². The van der Waals surface area contributed by atoms with Crippen molar-refractivity contribution < 1.29 is 8.83 Å². The molecule has 45 heavy (non-hydrogen) atoms. The van der Waals surface area contributed by atoms with Crippen molar-refractivity contribution >= 4 is 61.5 Å². The van der Waals surface area contributed by atoms with Crippen LogP contribution in [0, 0.1) is 0 Å². The van der Waals surface area contributed by atoms with E-state index in [0.29, 0.717) is 0 Å². The molecule has 5 nitrogen and oxygen atoms in total. The Morgan fingerprint density at radius 2 is 0.867 bits per heavy atom. The molecular weight excluding hydrogens is 554 g/mol. The number of benzene rings is 5. The summed E-state index contributed by atoms with van der Waals surface area (Å²) >= 11 is 0. The lowest BCUT2D eigenvalue weighted by Gasteiger charge is -2.24. The van der Waals surface area contributed by atoms with Gasteiger partial charge in [-0.15, -0.1) is 0 Å². The lowest BCUT2D eigenvalue weighted by atomic mass is 10.00. The van der Waals surface area contributed by atoms with E-state index in [2.05, 4.69) is 77.7 Å². The highest BCUT2D eigenvalue weighted by atomic mass is 16.3. The summed E-state index contributed by atoms with van der Waals surface area (Å²) in [5, 5.41) is 1.96. The third-order valence-corrected chi connectivity index (χ3v) is 8.30. The third kappa shape index (κ3) is 4.33. The van der Waals surface area contributed by atoms with E-state index >= 15 is 0 Å². The topological polar surface area (TPSA) is 55.3 Å². The zero-order valence-corrected chi connectivity index (χ0v) is 24.1. The quantitative estimate of drug-likeness (QED) is 0.203. The highest BCUT2D eigenvalue weighted by molar-refractivity contribution is 6.04. The number of para-hydroxylation sites is 2. The first-order chi connectivity index (χ1) is 22.3. The molecule has 0 fully saturated rings. The van der Waals surface area contributed by atoms with Gasteiger partial charge in [-0.05, 0) is 82.9 Å². The molecule has 5 heteroatoms. The number of pyridine rings is 2. The molecule has 0 spiro atoms. The molecule has 0 unspecified atom stereocenters. The van der Waals surface area contributed by atoms with Crippen LogP contribution in [0.2, 0.25) is 0 Å². The maximum atomic E-state index is 6.10. The van der Waals surface area contributed by atoms with Crippen LogP contribution < -0.4 is 4.90 Å². The van der Waals surface area contributed by atoms with Crippen molar-refractivity contribution in [1.82, 2.24) is 9.97 Å². The molecule has 0 aliphatic rings. The van der Waals surface area contributed by atoms with Crippen molar-refractivity contribution in [3.8, 4) is 22.3 Å². The van der Waals surface area contributed by atoms with Gasteiger partial charge in [0.05, 0.1) is 0 Å². The number of hydrogen-bond donors (Lipinski definition) is 0. The number of nitrogens with zero attached hydrogens (tertiary/aromatic N) is 3. The van der Waals surface area contributed by atoms with E-state index in [1.54, 1.807) is 0 Å². The second kappa shape index (κ2) is 10.2. The summed E-state index contributed by atoms with van der Waals surface area (Å²) in [6.45, 7) is 0. The Labute approximate surface area is 258 Å². The Balaban J connectivity index is 1.21. The molecule has 0 saturated heterocycles. The van der Waals surface area contributed by atoms with Gasteiger partial charge in [-0.25, -0.2) is 9.97 Å². The van der Waals surface area contributed by atoms with Crippen molar-refractivity contribution in [3.63, 3.8) is 0 Å². The number of rotatable bonds is 5. The average molecular weight is 580 g/mol. The van der Waals surface area contributed by atoms with E-state index < -0.39 is 0 Å². The maximum Gasteiger partial charge on any atom is 0.154 e. The van der Waals surface area contributed by atoms with Crippen molar-refractivity contribution in [2.45, 2.75) is 0 Å². The summed E-state index contributed by atoms with van der Waals surface area (Å²) in [4.78, 5) is 12.4. The Kier molecular flexibility index (Phi) is 5.74. The second-order valence-electron chi connectivity index (χ2n) is 11.1.